The Morgan fingerprint density at radius 1 is 0.931 bits per heavy atom. The maximum absolute atomic E-state index is 12.6. The summed E-state index contributed by atoms with van der Waals surface area (Å²) in [5.41, 5.74) is 2.72. The van der Waals surface area contributed by atoms with Crippen LogP contribution in [0.2, 0.25) is 0 Å². The molecule has 2 aromatic carbocycles. The average molecular weight is 383 g/mol. The summed E-state index contributed by atoms with van der Waals surface area (Å²) in [6.45, 7) is 0.991. The minimum Gasteiger partial charge on any atom is -0.467 e. The summed E-state index contributed by atoms with van der Waals surface area (Å²) in [4.78, 5) is 19.2. The minimum atomic E-state index is -0.169. The molecular formula is C24H21N3O2. The summed E-state index contributed by atoms with van der Waals surface area (Å²) < 4.78 is 5.27. The van der Waals surface area contributed by atoms with Crippen molar-refractivity contribution >= 4 is 17.4 Å². The zero-order chi connectivity index (χ0) is 19.9. The Kier molecular flexibility index (Phi) is 5.67. The van der Waals surface area contributed by atoms with Gasteiger partial charge in [0.05, 0.1) is 12.8 Å². The van der Waals surface area contributed by atoms with Crippen LogP contribution < -0.4 is 10.2 Å². The molecule has 0 radical (unpaired) electrons. The third kappa shape index (κ3) is 4.71. The van der Waals surface area contributed by atoms with Gasteiger partial charge in [-0.15, -0.1) is 0 Å². The van der Waals surface area contributed by atoms with Gasteiger partial charge in [0.2, 0.25) is 0 Å². The number of aromatic nitrogens is 1. The topological polar surface area (TPSA) is 58.4 Å². The molecule has 1 N–H and O–H groups in total. The smallest absolute Gasteiger partial charge is 0.251 e. The molecule has 5 nitrogen and oxygen atoms in total. The van der Waals surface area contributed by atoms with E-state index in [1.807, 2.05) is 60.7 Å². The first-order chi connectivity index (χ1) is 14.3. The van der Waals surface area contributed by atoms with Crippen molar-refractivity contribution in [2.45, 2.75) is 13.1 Å². The van der Waals surface area contributed by atoms with Gasteiger partial charge in [-0.3, -0.25) is 4.79 Å². The number of nitrogens with one attached hydrogen (secondary N) is 1. The van der Waals surface area contributed by atoms with E-state index in [-0.39, 0.29) is 5.91 Å². The van der Waals surface area contributed by atoms with Crippen molar-refractivity contribution in [3.05, 3.63) is 114 Å². The zero-order valence-corrected chi connectivity index (χ0v) is 15.9. The molecule has 0 aliphatic carbocycles. The van der Waals surface area contributed by atoms with Crippen molar-refractivity contribution in [3.8, 4) is 0 Å². The predicted octanol–water partition coefficient (Wildman–Crippen LogP) is 4.94. The molecule has 144 valence electrons. The van der Waals surface area contributed by atoms with Crippen LogP contribution in [0.4, 0.5) is 11.5 Å². The number of pyridine rings is 1. The molecule has 0 saturated carbocycles. The fourth-order valence-corrected chi connectivity index (χ4v) is 3.07. The lowest BCUT2D eigenvalue weighted by atomic mass is 10.1. The van der Waals surface area contributed by atoms with Crippen molar-refractivity contribution in [2.24, 2.45) is 0 Å². The third-order valence-corrected chi connectivity index (χ3v) is 4.54. The Morgan fingerprint density at radius 2 is 1.69 bits per heavy atom. The Morgan fingerprint density at radius 3 is 2.41 bits per heavy atom. The number of nitrogens with zero attached hydrogens (tertiary/aromatic N) is 2. The van der Waals surface area contributed by atoms with Gasteiger partial charge >= 0.3 is 0 Å². The van der Waals surface area contributed by atoms with Gasteiger partial charge in [-0.25, -0.2) is 4.98 Å². The molecule has 0 atom stereocenters. The second-order valence-corrected chi connectivity index (χ2v) is 6.57. The first-order valence-corrected chi connectivity index (χ1v) is 9.43. The number of para-hydroxylation sites is 1. The van der Waals surface area contributed by atoms with E-state index in [2.05, 4.69) is 27.3 Å². The fraction of sp³-hybridized carbons (Fsp3) is 0.0833. The second kappa shape index (κ2) is 8.89. The number of benzene rings is 2. The lowest BCUT2D eigenvalue weighted by Gasteiger charge is -2.24. The van der Waals surface area contributed by atoms with Crippen molar-refractivity contribution in [2.75, 3.05) is 4.90 Å². The Labute approximate surface area is 169 Å². The van der Waals surface area contributed by atoms with Crippen LogP contribution >= 0.6 is 0 Å². The van der Waals surface area contributed by atoms with Crippen molar-refractivity contribution in [1.29, 1.82) is 0 Å². The molecule has 0 spiro atoms. The summed E-state index contributed by atoms with van der Waals surface area (Å²) in [6, 6.07) is 27.4. The van der Waals surface area contributed by atoms with Crippen LogP contribution in [0, 0.1) is 0 Å². The molecule has 2 heterocycles. The van der Waals surface area contributed by atoms with E-state index >= 15 is 0 Å². The van der Waals surface area contributed by atoms with E-state index in [1.165, 1.54) is 0 Å². The zero-order valence-electron chi connectivity index (χ0n) is 15.9. The van der Waals surface area contributed by atoms with Gasteiger partial charge in [-0.05, 0) is 42.0 Å². The monoisotopic (exact) mass is 383 g/mol. The van der Waals surface area contributed by atoms with E-state index < -0.39 is 0 Å². The van der Waals surface area contributed by atoms with Crippen LogP contribution in [-0.4, -0.2) is 10.9 Å². The molecule has 4 rings (SSSR count). The first kappa shape index (κ1) is 18.5. The molecule has 0 bridgehead atoms. The quantitative estimate of drug-likeness (QED) is 0.491. The molecule has 2 aromatic heterocycles. The molecule has 0 aliphatic heterocycles. The highest BCUT2D eigenvalue weighted by Gasteiger charge is 2.14. The predicted molar refractivity (Wildman–Crippen MR) is 113 cm³/mol. The van der Waals surface area contributed by atoms with E-state index in [0.29, 0.717) is 30.2 Å². The third-order valence-electron chi connectivity index (χ3n) is 4.54. The minimum absolute atomic E-state index is 0.169. The van der Waals surface area contributed by atoms with Crippen molar-refractivity contribution in [1.82, 2.24) is 10.3 Å². The molecule has 0 saturated heterocycles. The van der Waals surface area contributed by atoms with E-state index in [1.54, 1.807) is 24.6 Å². The van der Waals surface area contributed by atoms with Crippen LogP contribution in [0.25, 0.3) is 0 Å². The molecule has 1 amide bonds. The number of hydrogen-bond acceptors (Lipinski definition) is 4. The number of carbonyl (C=O) groups is 1. The second-order valence-electron chi connectivity index (χ2n) is 6.57. The van der Waals surface area contributed by atoms with E-state index in [4.69, 9.17) is 4.42 Å². The Hall–Kier alpha value is -3.86. The first-order valence-electron chi connectivity index (χ1n) is 9.43. The number of carbonyl (C=O) groups excluding carboxylic acids is 1. The van der Waals surface area contributed by atoms with E-state index in [9.17, 15) is 4.79 Å². The molecule has 5 heteroatoms. The van der Waals surface area contributed by atoms with Gasteiger partial charge in [-0.1, -0.05) is 48.5 Å². The van der Waals surface area contributed by atoms with Crippen LogP contribution in [0.1, 0.15) is 21.7 Å². The highest BCUT2D eigenvalue weighted by atomic mass is 16.3. The highest BCUT2D eigenvalue weighted by molar-refractivity contribution is 5.94. The molecule has 0 aliphatic rings. The summed E-state index contributed by atoms with van der Waals surface area (Å²) in [7, 11) is 0. The van der Waals surface area contributed by atoms with Crippen LogP contribution in [0.15, 0.2) is 102 Å². The lowest BCUT2D eigenvalue weighted by molar-refractivity contribution is 0.0948. The van der Waals surface area contributed by atoms with Crippen molar-refractivity contribution in [3.63, 3.8) is 0 Å². The number of anilines is 2. The summed E-state index contributed by atoms with van der Waals surface area (Å²) in [5.74, 6) is 1.26. The normalized spacial score (nSPS) is 10.5. The standard InChI is InChI=1S/C24H21N3O2/c28-24(26-17-22-12-7-15-29-22)20-13-14-25-23(16-20)27(21-10-5-2-6-11-21)18-19-8-3-1-4-9-19/h1-16H,17-18H2,(H,26,28). The van der Waals surface area contributed by atoms with Gasteiger partial charge < -0.3 is 14.6 Å². The van der Waals surface area contributed by atoms with Crippen molar-refractivity contribution < 1.29 is 9.21 Å². The summed E-state index contributed by atoms with van der Waals surface area (Å²) >= 11 is 0. The number of furan rings is 1. The van der Waals surface area contributed by atoms with Gasteiger partial charge in [0, 0.05) is 24.0 Å². The summed E-state index contributed by atoms with van der Waals surface area (Å²) in [5, 5.41) is 2.88. The lowest BCUT2D eigenvalue weighted by Crippen LogP contribution is -2.23. The van der Waals surface area contributed by atoms with Crippen LogP contribution in [0.5, 0.6) is 0 Å². The fourth-order valence-electron chi connectivity index (χ4n) is 3.07. The van der Waals surface area contributed by atoms with Gasteiger partial charge in [0.1, 0.15) is 11.6 Å². The van der Waals surface area contributed by atoms with Crippen LogP contribution in [0.3, 0.4) is 0 Å². The molecule has 4 aromatic rings. The summed E-state index contributed by atoms with van der Waals surface area (Å²) in [6.07, 6.45) is 3.26. The number of rotatable bonds is 7. The van der Waals surface area contributed by atoms with Gasteiger partial charge in [-0.2, -0.15) is 0 Å². The van der Waals surface area contributed by atoms with Gasteiger partial charge in [0.25, 0.3) is 5.91 Å². The Bertz CT molecular complexity index is 1050. The number of amides is 1. The molecule has 0 fully saturated rings. The largest absolute Gasteiger partial charge is 0.467 e. The maximum Gasteiger partial charge on any atom is 0.251 e. The number of hydrogen-bond donors (Lipinski definition) is 1. The highest BCUT2D eigenvalue weighted by Crippen LogP contribution is 2.26. The van der Waals surface area contributed by atoms with Gasteiger partial charge in [0.15, 0.2) is 0 Å². The van der Waals surface area contributed by atoms with Crippen LogP contribution in [-0.2, 0) is 13.1 Å². The molecular weight excluding hydrogens is 362 g/mol. The molecule has 29 heavy (non-hydrogen) atoms. The average Bonchev–Trinajstić information content (AvgIpc) is 3.31. The van der Waals surface area contributed by atoms with E-state index in [0.717, 1.165) is 11.3 Å². The maximum atomic E-state index is 12.6. The SMILES string of the molecule is O=C(NCc1ccco1)c1ccnc(N(Cc2ccccc2)c2ccccc2)c1. The Balaban J connectivity index is 1.59. The molecule has 0 unspecified atom stereocenters.